The summed E-state index contributed by atoms with van der Waals surface area (Å²) in [5.74, 6) is 0.992. The van der Waals surface area contributed by atoms with Crippen molar-refractivity contribution in [2.75, 3.05) is 19.7 Å². The molecule has 9 heteroatoms. The zero-order valence-corrected chi connectivity index (χ0v) is 23.1. The summed E-state index contributed by atoms with van der Waals surface area (Å²) in [5, 5.41) is 24.0. The van der Waals surface area contributed by atoms with E-state index >= 15 is 0 Å². The Morgan fingerprint density at radius 2 is 1.64 bits per heavy atom. The number of amides is 1. The van der Waals surface area contributed by atoms with Crippen LogP contribution < -0.4 is 4.74 Å². The molecule has 204 valence electrons. The summed E-state index contributed by atoms with van der Waals surface area (Å²) in [6, 6.07) is 19.9. The Kier molecular flexibility index (Phi) is 9.06. The number of rotatable bonds is 9. The number of pyridine rings is 1. The van der Waals surface area contributed by atoms with E-state index in [1.807, 2.05) is 36.4 Å². The molecular formula is C30H34N4O4S. The van der Waals surface area contributed by atoms with Crippen LogP contribution >= 0.6 is 13.5 Å². The number of aromatic nitrogens is 3. The molecule has 0 spiro atoms. The fourth-order valence-electron chi connectivity index (χ4n) is 4.66. The van der Waals surface area contributed by atoms with E-state index in [-0.39, 0.29) is 25.9 Å². The van der Waals surface area contributed by atoms with Crippen LogP contribution in [-0.4, -0.2) is 61.6 Å². The predicted molar refractivity (Wildman–Crippen MR) is 155 cm³/mol. The van der Waals surface area contributed by atoms with Gasteiger partial charge in [-0.15, -0.1) is 0 Å². The van der Waals surface area contributed by atoms with Crippen molar-refractivity contribution in [2.45, 2.75) is 39.0 Å². The van der Waals surface area contributed by atoms with Crippen LogP contribution in [0.15, 0.2) is 73.1 Å². The standard InChI is InChI=1S/C30H32N4O4.H2S/c1-20(2)22-5-3-21(4-6-22)19-38-26-9-7-23(8-10-26)27-28(24-11-13-31-14-12-24)32-34-16-15-33(17-25(36)18-35)30(37)29(27)34;/h3-14,20,25,35-36H,15-19H2,1-2H3;1H2. The Hall–Kier alpha value is -3.66. The lowest BCUT2D eigenvalue weighted by Gasteiger charge is -2.29. The van der Waals surface area contributed by atoms with Crippen molar-refractivity contribution in [1.82, 2.24) is 19.7 Å². The Morgan fingerprint density at radius 3 is 2.28 bits per heavy atom. The number of hydrogen-bond acceptors (Lipinski definition) is 6. The number of fused-ring (bicyclic) bond motifs is 1. The number of carbonyl (C=O) groups excluding carboxylic acids is 1. The minimum atomic E-state index is -0.991. The molecule has 1 aliphatic heterocycles. The number of aliphatic hydroxyl groups is 2. The minimum absolute atomic E-state index is 0. The van der Waals surface area contributed by atoms with Crippen molar-refractivity contribution >= 4 is 19.4 Å². The number of benzene rings is 2. The molecule has 0 saturated heterocycles. The summed E-state index contributed by atoms with van der Waals surface area (Å²) in [4.78, 5) is 19.2. The van der Waals surface area contributed by atoms with Crippen molar-refractivity contribution < 1.29 is 19.7 Å². The molecule has 1 amide bonds. The fraction of sp³-hybridized carbons (Fsp3) is 0.300. The number of nitrogens with zero attached hydrogens (tertiary/aromatic N) is 4. The SMILES string of the molecule is CC(C)c1ccc(COc2ccc(-c3c(-c4ccncc4)nn4c3C(=O)N(CC(O)CO)CC4)cc2)cc1.S. The van der Waals surface area contributed by atoms with E-state index in [1.54, 1.807) is 22.0 Å². The summed E-state index contributed by atoms with van der Waals surface area (Å²) in [6.45, 7) is 5.38. The van der Waals surface area contributed by atoms with Crippen molar-refractivity contribution in [3.63, 3.8) is 0 Å². The molecule has 0 bridgehead atoms. The van der Waals surface area contributed by atoms with Gasteiger partial charge in [-0.2, -0.15) is 18.6 Å². The summed E-state index contributed by atoms with van der Waals surface area (Å²) in [5.41, 5.74) is 5.97. The normalized spacial score (nSPS) is 13.7. The van der Waals surface area contributed by atoms with Gasteiger partial charge in [-0.25, -0.2) is 0 Å². The van der Waals surface area contributed by atoms with E-state index in [0.717, 1.165) is 28.0 Å². The molecule has 8 nitrogen and oxygen atoms in total. The van der Waals surface area contributed by atoms with E-state index in [1.165, 1.54) is 5.56 Å². The summed E-state index contributed by atoms with van der Waals surface area (Å²) in [6.07, 6.45) is 2.41. The molecule has 3 heterocycles. The first-order chi connectivity index (χ1) is 18.4. The maximum absolute atomic E-state index is 13.5. The quantitative estimate of drug-likeness (QED) is 0.326. The van der Waals surface area contributed by atoms with Gasteiger partial charge in [-0.1, -0.05) is 50.2 Å². The van der Waals surface area contributed by atoms with Crippen LogP contribution in [0.3, 0.4) is 0 Å². The number of β-amino-alcohol motifs (C(OH)–C–C–N with tert-alkyl or cyclic N) is 1. The molecule has 0 saturated carbocycles. The first-order valence-electron chi connectivity index (χ1n) is 12.9. The van der Waals surface area contributed by atoms with E-state index < -0.39 is 12.7 Å². The molecule has 4 aromatic rings. The highest BCUT2D eigenvalue weighted by molar-refractivity contribution is 7.59. The highest BCUT2D eigenvalue weighted by atomic mass is 32.1. The third kappa shape index (κ3) is 6.16. The van der Waals surface area contributed by atoms with Crippen LogP contribution in [0.2, 0.25) is 0 Å². The van der Waals surface area contributed by atoms with Gasteiger partial charge in [0.1, 0.15) is 23.7 Å². The topological polar surface area (TPSA) is 101 Å². The molecule has 1 aliphatic rings. The molecule has 39 heavy (non-hydrogen) atoms. The fourth-order valence-corrected chi connectivity index (χ4v) is 4.66. The third-order valence-electron chi connectivity index (χ3n) is 6.81. The monoisotopic (exact) mass is 546 g/mol. The highest BCUT2D eigenvalue weighted by Crippen LogP contribution is 2.37. The lowest BCUT2D eigenvalue weighted by atomic mass is 9.98. The second-order valence-corrected chi connectivity index (χ2v) is 9.83. The van der Waals surface area contributed by atoms with Gasteiger partial charge in [0, 0.05) is 36.6 Å². The minimum Gasteiger partial charge on any atom is -0.489 e. The second kappa shape index (κ2) is 12.5. The van der Waals surface area contributed by atoms with Crippen molar-refractivity contribution in [3.05, 3.63) is 89.9 Å². The van der Waals surface area contributed by atoms with Crippen LogP contribution in [0.4, 0.5) is 0 Å². The molecule has 2 aromatic carbocycles. The molecule has 2 aromatic heterocycles. The van der Waals surface area contributed by atoms with Gasteiger partial charge >= 0.3 is 0 Å². The Labute approximate surface area is 235 Å². The Balaban J connectivity index is 0.00000353. The molecule has 1 atom stereocenters. The summed E-state index contributed by atoms with van der Waals surface area (Å²) < 4.78 is 7.77. The lowest BCUT2D eigenvalue weighted by Crippen LogP contribution is -2.45. The van der Waals surface area contributed by atoms with Crippen LogP contribution in [0.25, 0.3) is 22.4 Å². The van der Waals surface area contributed by atoms with Gasteiger partial charge in [0.15, 0.2) is 0 Å². The first-order valence-corrected chi connectivity index (χ1v) is 12.9. The predicted octanol–water partition coefficient (Wildman–Crippen LogP) is 4.24. The Bertz CT molecular complexity index is 1390. The Morgan fingerprint density at radius 1 is 0.949 bits per heavy atom. The van der Waals surface area contributed by atoms with E-state index in [9.17, 15) is 15.0 Å². The van der Waals surface area contributed by atoms with Gasteiger partial charge in [0.05, 0.1) is 19.3 Å². The summed E-state index contributed by atoms with van der Waals surface area (Å²) in [7, 11) is 0. The largest absolute Gasteiger partial charge is 0.489 e. The average molecular weight is 547 g/mol. The van der Waals surface area contributed by atoms with Crippen molar-refractivity contribution in [2.24, 2.45) is 0 Å². The van der Waals surface area contributed by atoms with E-state index in [2.05, 4.69) is 43.1 Å². The number of aliphatic hydroxyl groups excluding tert-OH is 2. The zero-order chi connectivity index (χ0) is 26.6. The molecule has 0 aliphatic carbocycles. The molecular weight excluding hydrogens is 512 g/mol. The smallest absolute Gasteiger partial charge is 0.272 e. The van der Waals surface area contributed by atoms with E-state index in [4.69, 9.17) is 9.84 Å². The second-order valence-electron chi connectivity index (χ2n) is 9.83. The van der Waals surface area contributed by atoms with Gasteiger partial charge < -0.3 is 19.8 Å². The molecule has 5 rings (SSSR count). The molecule has 1 unspecified atom stereocenters. The van der Waals surface area contributed by atoms with Crippen molar-refractivity contribution in [3.8, 4) is 28.1 Å². The molecule has 2 N–H and O–H groups in total. The van der Waals surface area contributed by atoms with Crippen LogP contribution in [-0.2, 0) is 13.2 Å². The number of hydrogen-bond donors (Lipinski definition) is 2. The van der Waals surface area contributed by atoms with Crippen LogP contribution in [0.1, 0.15) is 41.4 Å². The number of carbonyl (C=O) groups is 1. The van der Waals surface area contributed by atoms with Gasteiger partial charge in [-0.05, 0) is 46.9 Å². The number of ether oxygens (including phenoxy) is 1. The summed E-state index contributed by atoms with van der Waals surface area (Å²) >= 11 is 0. The molecule has 0 radical (unpaired) electrons. The van der Waals surface area contributed by atoms with E-state index in [0.29, 0.717) is 37.0 Å². The zero-order valence-electron chi connectivity index (χ0n) is 22.1. The van der Waals surface area contributed by atoms with Gasteiger partial charge in [0.2, 0.25) is 0 Å². The highest BCUT2D eigenvalue weighted by Gasteiger charge is 2.33. The molecule has 0 fully saturated rings. The first kappa shape index (κ1) is 28.4. The average Bonchev–Trinajstić information content (AvgIpc) is 3.35. The third-order valence-corrected chi connectivity index (χ3v) is 6.81. The van der Waals surface area contributed by atoms with Crippen molar-refractivity contribution in [1.29, 1.82) is 0 Å². The van der Waals surface area contributed by atoms with Crippen LogP contribution in [0, 0.1) is 0 Å². The van der Waals surface area contributed by atoms with Crippen LogP contribution in [0.5, 0.6) is 5.75 Å². The lowest BCUT2D eigenvalue weighted by molar-refractivity contribution is 0.0406. The van der Waals surface area contributed by atoms with Gasteiger partial charge in [0.25, 0.3) is 5.91 Å². The maximum atomic E-state index is 13.5. The maximum Gasteiger partial charge on any atom is 0.272 e. The van der Waals surface area contributed by atoms with Gasteiger partial charge in [-0.3, -0.25) is 14.5 Å².